The van der Waals surface area contributed by atoms with Crippen LogP contribution in [0.2, 0.25) is 5.02 Å². The molecule has 3 aromatic carbocycles. The minimum absolute atomic E-state index is 0.346. The number of hydrogen-bond donors (Lipinski definition) is 1. The summed E-state index contributed by atoms with van der Waals surface area (Å²) >= 11 is 11.4. The van der Waals surface area contributed by atoms with Gasteiger partial charge in [-0.25, -0.2) is 4.99 Å². The van der Waals surface area contributed by atoms with Gasteiger partial charge in [-0.3, -0.25) is 10.1 Å². The zero-order valence-electron chi connectivity index (χ0n) is 25.3. The SMILES string of the molecule is C=CC(N)=Nc1ccc(-c2ccc(C)cc2)cc1CC.CCC(F)(F)F.C[N+](=O)[O-].Cc1cc(Cl)c(OCCCl)c(C#N)c1. The van der Waals surface area contributed by atoms with Crippen molar-refractivity contribution in [2.45, 2.75) is 46.7 Å². The number of nitrogens with two attached hydrogens (primary N) is 1. The monoisotopic (exact) mass is 652 g/mol. The first-order valence-electron chi connectivity index (χ1n) is 13.3. The molecule has 0 radical (unpaired) electrons. The van der Waals surface area contributed by atoms with Crippen LogP contribution in [0.3, 0.4) is 0 Å². The van der Waals surface area contributed by atoms with Gasteiger partial charge in [-0.2, -0.15) is 18.4 Å². The van der Waals surface area contributed by atoms with Crippen molar-refractivity contribution in [1.82, 2.24) is 0 Å². The highest BCUT2D eigenvalue weighted by molar-refractivity contribution is 6.32. The molecular weight excluding hydrogens is 616 g/mol. The summed E-state index contributed by atoms with van der Waals surface area (Å²) in [6.45, 7) is 11.1. The normalized spacial score (nSPS) is 10.4. The maximum Gasteiger partial charge on any atom is 0.388 e. The topological polar surface area (TPSA) is 115 Å². The van der Waals surface area contributed by atoms with Gasteiger partial charge >= 0.3 is 6.18 Å². The molecule has 0 fully saturated rings. The third kappa shape index (κ3) is 16.5. The third-order valence-corrected chi connectivity index (χ3v) is 5.77. The van der Waals surface area contributed by atoms with Crippen LogP contribution in [0.25, 0.3) is 11.1 Å². The van der Waals surface area contributed by atoms with Crippen molar-refractivity contribution < 1.29 is 22.8 Å². The van der Waals surface area contributed by atoms with E-state index >= 15 is 0 Å². The Labute approximate surface area is 266 Å². The molecule has 0 aliphatic carbocycles. The Hall–Kier alpha value is -4.07. The number of benzene rings is 3. The van der Waals surface area contributed by atoms with Crippen LogP contribution in [0.15, 0.2) is 72.2 Å². The van der Waals surface area contributed by atoms with Crippen molar-refractivity contribution in [3.05, 3.63) is 105 Å². The molecule has 0 aliphatic heterocycles. The summed E-state index contributed by atoms with van der Waals surface area (Å²) in [5.41, 5.74) is 12.9. The molecule has 0 saturated heterocycles. The van der Waals surface area contributed by atoms with Gasteiger partial charge in [0.25, 0.3) is 0 Å². The van der Waals surface area contributed by atoms with Gasteiger partial charge in [0, 0.05) is 11.3 Å². The van der Waals surface area contributed by atoms with E-state index in [0.29, 0.717) is 34.7 Å². The Morgan fingerprint density at radius 2 is 1.66 bits per heavy atom. The van der Waals surface area contributed by atoms with E-state index in [4.69, 9.17) is 49.0 Å². The fourth-order valence-corrected chi connectivity index (χ4v) is 3.59. The van der Waals surface area contributed by atoms with Crippen molar-refractivity contribution in [2.24, 2.45) is 10.7 Å². The molecule has 0 aliphatic rings. The molecule has 238 valence electrons. The van der Waals surface area contributed by atoms with E-state index in [1.54, 1.807) is 18.2 Å². The van der Waals surface area contributed by atoms with E-state index in [2.05, 4.69) is 61.8 Å². The number of hydrogen-bond acceptors (Lipinski definition) is 5. The maximum absolute atomic E-state index is 10.8. The Morgan fingerprint density at radius 1 is 1.11 bits per heavy atom. The Bertz CT molecular complexity index is 1420. The number of alkyl halides is 4. The standard InChI is InChI=1S/C18H20N2.C10H9Cl2NO.C3H5F3.CH3NO2/c1-4-14-12-16(15-8-6-13(3)7-9-15)10-11-17(14)20-18(19)5-2;1-7-4-8(6-13)10(9(12)5-7)14-3-2-11;1-2-3(4,5)6;1-2(3)4/h5-12H,2,4H2,1,3H3,(H2,19,20);4-5H,2-3H2,1H3;2H2,1H3;1H3. The number of amidine groups is 1. The van der Waals surface area contributed by atoms with Crippen LogP contribution in [0.4, 0.5) is 18.9 Å². The summed E-state index contributed by atoms with van der Waals surface area (Å²) in [5.74, 6) is 1.23. The van der Waals surface area contributed by atoms with E-state index < -0.39 is 17.5 Å². The van der Waals surface area contributed by atoms with Gasteiger partial charge < -0.3 is 10.5 Å². The van der Waals surface area contributed by atoms with Crippen LogP contribution in [0.1, 0.15) is 42.5 Å². The molecule has 2 N–H and O–H groups in total. The summed E-state index contributed by atoms with van der Waals surface area (Å²) in [7, 11) is 0.889. The minimum atomic E-state index is -3.96. The number of halogens is 5. The Morgan fingerprint density at radius 3 is 2.11 bits per heavy atom. The third-order valence-electron chi connectivity index (χ3n) is 5.34. The number of ether oxygens (including phenoxy) is 1. The van der Waals surface area contributed by atoms with Crippen LogP contribution < -0.4 is 10.5 Å². The zero-order chi connectivity index (χ0) is 33.9. The maximum atomic E-state index is 10.8. The smallest absolute Gasteiger partial charge is 0.388 e. The summed E-state index contributed by atoms with van der Waals surface area (Å²) in [6.07, 6.45) is -2.21. The molecule has 3 rings (SSSR count). The van der Waals surface area contributed by atoms with Gasteiger partial charge in [-0.15, -0.1) is 11.6 Å². The Balaban J connectivity index is 0.000000666. The van der Waals surface area contributed by atoms with Crippen molar-refractivity contribution in [1.29, 1.82) is 5.26 Å². The summed E-state index contributed by atoms with van der Waals surface area (Å²) in [6, 6.07) is 20.3. The highest BCUT2D eigenvalue weighted by Gasteiger charge is 2.22. The first-order valence-corrected chi connectivity index (χ1v) is 14.2. The van der Waals surface area contributed by atoms with E-state index in [0.717, 1.165) is 31.6 Å². The molecular formula is C32H37Cl2F3N4O3. The fourth-order valence-electron chi connectivity index (χ4n) is 3.19. The van der Waals surface area contributed by atoms with Crippen molar-refractivity contribution in [3.63, 3.8) is 0 Å². The fraction of sp³-hybridized carbons (Fsp3) is 0.312. The molecule has 0 heterocycles. The van der Waals surface area contributed by atoms with Crippen LogP contribution >= 0.6 is 23.2 Å². The lowest BCUT2D eigenvalue weighted by molar-refractivity contribution is -0.445. The van der Waals surface area contributed by atoms with Gasteiger partial charge in [0.1, 0.15) is 18.5 Å². The number of nitriles is 1. The van der Waals surface area contributed by atoms with Gasteiger partial charge in [0.05, 0.1) is 22.2 Å². The van der Waals surface area contributed by atoms with Crippen LogP contribution in [0, 0.1) is 35.3 Å². The highest BCUT2D eigenvalue weighted by Crippen LogP contribution is 2.30. The predicted octanol–water partition coefficient (Wildman–Crippen LogP) is 9.39. The van der Waals surface area contributed by atoms with Crippen LogP contribution in [-0.2, 0) is 6.42 Å². The summed E-state index contributed by atoms with van der Waals surface area (Å²) in [5, 5.41) is 18.1. The lowest BCUT2D eigenvalue weighted by Gasteiger charge is -2.08. The average Bonchev–Trinajstić information content (AvgIpc) is 2.97. The molecule has 0 saturated carbocycles. The minimum Gasteiger partial charge on any atom is -0.489 e. The molecule has 44 heavy (non-hydrogen) atoms. The van der Waals surface area contributed by atoms with Crippen LogP contribution in [0.5, 0.6) is 5.75 Å². The molecule has 7 nitrogen and oxygen atoms in total. The summed E-state index contributed by atoms with van der Waals surface area (Å²) < 4.78 is 37.6. The quantitative estimate of drug-likeness (QED) is 0.0897. The van der Waals surface area contributed by atoms with E-state index in [1.807, 2.05) is 19.1 Å². The molecule has 12 heteroatoms. The second kappa shape index (κ2) is 20.8. The summed E-state index contributed by atoms with van der Waals surface area (Å²) in [4.78, 5) is 12.7. The molecule has 0 aromatic heterocycles. The van der Waals surface area contributed by atoms with E-state index in [9.17, 15) is 13.2 Å². The lowest BCUT2D eigenvalue weighted by Crippen LogP contribution is -2.06. The largest absolute Gasteiger partial charge is 0.489 e. The first-order chi connectivity index (χ1) is 20.6. The van der Waals surface area contributed by atoms with Gasteiger partial charge in [-0.05, 0) is 72.9 Å². The molecule has 0 atom stereocenters. The average molecular weight is 654 g/mol. The lowest BCUT2D eigenvalue weighted by atomic mass is 10.00. The zero-order valence-corrected chi connectivity index (χ0v) is 26.9. The Kier molecular flexibility index (Phi) is 18.8. The molecule has 0 spiro atoms. The first kappa shape index (κ1) is 39.9. The number of aliphatic imine (C=N–C) groups is 1. The molecule has 3 aromatic rings. The molecule has 0 bridgehead atoms. The molecule has 0 amide bonds. The molecule has 0 unspecified atom stereocenters. The van der Waals surface area contributed by atoms with Crippen molar-refractivity contribution in [2.75, 3.05) is 19.5 Å². The highest BCUT2D eigenvalue weighted by atomic mass is 35.5. The van der Waals surface area contributed by atoms with Crippen molar-refractivity contribution in [3.8, 4) is 22.9 Å². The van der Waals surface area contributed by atoms with E-state index in [-0.39, 0.29) is 0 Å². The second-order valence-corrected chi connectivity index (χ2v) is 9.77. The van der Waals surface area contributed by atoms with E-state index in [1.165, 1.54) is 22.3 Å². The van der Waals surface area contributed by atoms with Gasteiger partial charge in [0.2, 0.25) is 0 Å². The number of rotatable bonds is 7. The number of aryl methyl sites for hydroxylation is 3. The van der Waals surface area contributed by atoms with Gasteiger partial charge in [0.15, 0.2) is 12.8 Å². The second-order valence-electron chi connectivity index (χ2n) is 8.98. The van der Waals surface area contributed by atoms with Crippen molar-refractivity contribution >= 4 is 34.7 Å². The number of nitro groups is 1. The predicted molar refractivity (Wildman–Crippen MR) is 174 cm³/mol. The number of nitrogens with zero attached hydrogens (tertiary/aromatic N) is 3. The van der Waals surface area contributed by atoms with Crippen LogP contribution in [-0.4, -0.2) is 36.5 Å². The van der Waals surface area contributed by atoms with Gasteiger partial charge in [-0.1, -0.05) is 67.9 Å².